The molecule has 7 heteroatoms. The summed E-state index contributed by atoms with van der Waals surface area (Å²) < 4.78 is 8.20. The normalized spacial score (nSPS) is 15.1. The molecular weight excluding hydrogens is 344 g/mol. The lowest BCUT2D eigenvalue weighted by atomic mass is 9.96. The maximum atomic E-state index is 12.6. The first-order chi connectivity index (χ1) is 13.0. The van der Waals surface area contributed by atoms with Crippen molar-refractivity contribution >= 4 is 5.91 Å². The zero-order chi connectivity index (χ0) is 19.4. The summed E-state index contributed by atoms with van der Waals surface area (Å²) in [6, 6.07) is 7.53. The molecule has 27 heavy (non-hydrogen) atoms. The Morgan fingerprint density at radius 2 is 1.96 bits per heavy atom. The second-order valence-corrected chi connectivity index (χ2v) is 7.38. The Bertz CT molecular complexity index is 836. The smallest absolute Gasteiger partial charge is 0.346 e. The van der Waals surface area contributed by atoms with Gasteiger partial charge in [0.2, 0.25) is 5.91 Å². The Labute approximate surface area is 159 Å². The van der Waals surface area contributed by atoms with Crippen molar-refractivity contribution in [3.63, 3.8) is 0 Å². The highest BCUT2D eigenvalue weighted by Gasteiger charge is 2.21. The first-order valence-corrected chi connectivity index (χ1v) is 9.59. The minimum absolute atomic E-state index is 0.0573. The predicted octanol–water partition coefficient (Wildman–Crippen LogP) is 2.29. The summed E-state index contributed by atoms with van der Waals surface area (Å²) >= 11 is 0. The van der Waals surface area contributed by atoms with Gasteiger partial charge in [-0.1, -0.05) is 32.4 Å². The average Bonchev–Trinajstić information content (AvgIpc) is 2.83. The van der Waals surface area contributed by atoms with Gasteiger partial charge in [0.1, 0.15) is 18.1 Å². The van der Waals surface area contributed by atoms with Crippen LogP contribution in [0.1, 0.15) is 50.5 Å². The maximum Gasteiger partial charge on any atom is 0.346 e. The molecule has 1 amide bonds. The monoisotopic (exact) mass is 372 g/mol. The van der Waals surface area contributed by atoms with Crippen LogP contribution in [0, 0.1) is 5.92 Å². The molecule has 1 unspecified atom stereocenters. The molecule has 1 aromatic carbocycles. The highest BCUT2D eigenvalue weighted by atomic mass is 16.5. The number of methoxy groups -OCH3 is 1. The molecule has 3 rings (SSSR count). The summed E-state index contributed by atoms with van der Waals surface area (Å²) in [5.74, 6) is 1.57. The van der Waals surface area contributed by atoms with E-state index in [0.29, 0.717) is 6.54 Å². The Hall–Kier alpha value is -2.57. The fraction of sp³-hybridized carbons (Fsp3) is 0.550. The van der Waals surface area contributed by atoms with Gasteiger partial charge in [-0.2, -0.15) is 5.10 Å². The van der Waals surface area contributed by atoms with Crippen LogP contribution < -0.4 is 15.7 Å². The van der Waals surface area contributed by atoms with Crippen LogP contribution >= 0.6 is 0 Å². The summed E-state index contributed by atoms with van der Waals surface area (Å²) in [5, 5.41) is 7.44. The fourth-order valence-electron chi connectivity index (χ4n) is 3.53. The number of hydrogen-bond acceptors (Lipinski definition) is 4. The number of carbonyl (C=O) groups is 1. The molecule has 1 N–H and O–H groups in total. The number of carbonyl (C=O) groups excluding carboxylic acids is 1. The number of rotatable bonds is 6. The number of hydrogen-bond donors (Lipinski definition) is 1. The molecule has 1 aliphatic rings. The van der Waals surface area contributed by atoms with Gasteiger partial charge in [-0.3, -0.25) is 9.36 Å². The van der Waals surface area contributed by atoms with Crippen molar-refractivity contribution in [1.82, 2.24) is 19.7 Å². The largest absolute Gasteiger partial charge is 0.497 e. The second-order valence-electron chi connectivity index (χ2n) is 7.38. The lowest BCUT2D eigenvalue weighted by molar-refractivity contribution is -0.123. The van der Waals surface area contributed by atoms with Crippen LogP contribution in [-0.4, -0.2) is 27.4 Å². The van der Waals surface area contributed by atoms with Gasteiger partial charge in [-0.05, 0) is 36.5 Å². The average molecular weight is 372 g/mol. The van der Waals surface area contributed by atoms with Gasteiger partial charge >= 0.3 is 5.69 Å². The molecule has 0 bridgehead atoms. The highest BCUT2D eigenvalue weighted by molar-refractivity contribution is 5.76. The van der Waals surface area contributed by atoms with E-state index in [2.05, 4.69) is 24.3 Å². The SMILES string of the molecule is COc1ccc(C(NC(=O)Cn2nc3n(c2=O)CCCCC3)C(C)C)cc1. The van der Waals surface area contributed by atoms with Gasteiger partial charge in [0.05, 0.1) is 13.2 Å². The van der Waals surface area contributed by atoms with Gasteiger partial charge in [0.25, 0.3) is 0 Å². The molecule has 1 atom stereocenters. The quantitative estimate of drug-likeness (QED) is 0.844. The summed E-state index contributed by atoms with van der Waals surface area (Å²) in [6.45, 7) is 4.74. The second kappa shape index (κ2) is 8.41. The summed E-state index contributed by atoms with van der Waals surface area (Å²) in [7, 11) is 1.63. The first-order valence-electron chi connectivity index (χ1n) is 9.59. The number of fused-ring (bicyclic) bond motifs is 1. The summed E-state index contributed by atoms with van der Waals surface area (Å²) in [6.07, 6.45) is 3.93. The molecule has 2 aromatic rings. The highest BCUT2D eigenvalue weighted by Crippen LogP contribution is 2.23. The number of nitrogens with one attached hydrogen (secondary N) is 1. The van der Waals surface area contributed by atoms with Gasteiger partial charge in [-0.25, -0.2) is 9.48 Å². The molecule has 7 nitrogen and oxygen atoms in total. The molecule has 1 aromatic heterocycles. The van der Waals surface area contributed by atoms with Crippen molar-refractivity contribution in [1.29, 1.82) is 0 Å². The topological polar surface area (TPSA) is 78.2 Å². The number of nitrogens with zero attached hydrogens (tertiary/aromatic N) is 3. The van der Waals surface area contributed by atoms with Crippen molar-refractivity contribution in [2.24, 2.45) is 5.92 Å². The zero-order valence-electron chi connectivity index (χ0n) is 16.3. The number of amides is 1. The lowest BCUT2D eigenvalue weighted by Gasteiger charge is -2.23. The van der Waals surface area contributed by atoms with Crippen molar-refractivity contribution in [3.8, 4) is 5.75 Å². The van der Waals surface area contributed by atoms with Gasteiger partial charge in [-0.15, -0.1) is 0 Å². The van der Waals surface area contributed by atoms with Crippen molar-refractivity contribution in [3.05, 3.63) is 46.1 Å². The first kappa shape index (κ1) is 19.2. The minimum Gasteiger partial charge on any atom is -0.497 e. The standard InChI is InChI=1S/C20H28N4O3/c1-14(2)19(15-8-10-16(27-3)11-9-15)21-18(25)13-24-20(26)23-12-6-4-5-7-17(23)22-24/h8-11,14,19H,4-7,12-13H2,1-3H3,(H,21,25). The fourth-order valence-corrected chi connectivity index (χ4v) is 3.53. The van der Waals surface area contributed by atoms with E-state index in [1.165, 1.54) is 4.68 Å². The molecule has 0 saturated carbocycles. The van der Waals surface area contributed by atoms with E-state index in [9.17, 15) is 9.59 Å². The van der Waals surface area contributed by atoms with E-state index in [0.717, 1.165) is 42.8 Å². The number of aryl methyl sites for hydroxylation is 1. The zero-order valence-corrected chi connectivity index (χ0v) is 16.3. The van der Waals surface area contributed by atoms with Crippen LogP contribution in [0.25, 0.3) is 0 Å². The van der Waals surface area contributed by atoms with E-state index in [-0.39, 0.29) is 30.1 Å². The van der Waals surface area contributed by atoms with E-state index < -0.39 is 0 Å². The third-order valence-electron chi connectivity index (χ3n) is 5.03. The molecule has 0 fully saturated rings. The Morgan fingerprint density at radius 1 is 1.22 bits per heavy atom. The molecule has 0 aliphatic carbocycles. The number of aromatic nitrogens is 3. The summed E-state index contributed by atoms with van der Waals surface area (Å²) in [5.41, 5.74) is 0.819. The van der Waals surface area contributed by atoms with Crippen molar-refractivity contribution in [2.45, 2.75) is 58.7 Å². The number of ether oxygens (including phenoxy) is 1. The Kier molecular flexibility index (Phi) is 5.98. The van der Waals surface area contributed by atoms with E-state index in [4.69, 9.17) is 4.74 Å². The Balaban J connectivity index is 1.72. The van der Waals surface area contributed by atoms with Gasteiger partial charge < -0.3 is 10.1 Å². The maximum absolute atomic E-state index is 12.6. The molecule has 146 valence electrons. The third kappa shape index (κ3) is 4.40. The third-order valence-corrected chi connectivity index (χ3v) is 5.03. The molecular formula is C20H28N4O3. The molecule has 0 spiro atoms. The molecule has 0 radical (unpaired) electrons. The van der Waals surface area contributed by atoms with Gasteiger partial charge in [0.15, 0.2) is 0 Å². The number of benzene rings is 1. The van der Waals surface area contributed by atoms with E-state index in [1.54, 1.807) is 11.7 Å². The lowest BCUT2D eigenvalue weighted by Crippen LogP contribution is -2.37. The van der Waals surface area contributed by atoms with Crippen LogP contribution in [0.2, 0.25) is 0 Å². The molecule has 2 heterocycles. The van der Waals surface area contributed by atoms with Gasteiger partial charge in [0, 0.05) is 13.0 Å². The predicted molar refractivity (Wildman–Crippen MR) is 103 cm³/mol. The van der Waals surface area contributed by atoms with Crippen LogP contribution in [0.3, 0.4) is 0 Å². The van der Waals surface area contributed by atoms with E-state index >= 15 is 0 Å². The molecule has 1 aliphatic heterocycles. The van der Waals surface area contributed by atoms with Crippen molar-refractivity contribution in [2.75, 3.05) is 7.11 Å². The van der Waals surface area contributed by atoms with Crippen molar-refractivity contribution < 1.29 is 9.53 Å². The minimum atomic E-state index is -0.208. The van der Waals surface area contributed by atoms with Crippen LogP contribution in [0.15, 0.2) is 29.1 Å². The van der Waals surface area contributed by atoms with Crippen LogP contribution in [0.5, 0.6) is 5.75 Å². The van der Waals surface area contributed by atoms with E-state index in [1.807, 2.05) is 24.3 Å². The summed E-state index contributed by atoms with van der Waals surface area (Å²) in [4.78, 5) is 25.1. The van der Waals surface area contributed by atoms with Crippen LogP contribution in [-0.2, 0) is 24.3 Å². The Morgan fingerprint density at radius 3 is 2.63 bits per heavy atom. The van der Waals surface area contributed by atoms with Crippen LogP contribution in [0.4, 0.5) is 0 Å². The molecule has 0 saturated heterocycles.